The maximum absolute atomic E-state index is 5.36. The molecule has 1 aliphatic rings. The van der Waals surface area contributed by atoms with E-state index in [4.69, 9.17) is 4.74 Å². The number of benzene rings is 1. The summed E-state index contributed by atoms with van der Waals surface area (Å²) in [5.41, 5.74) is 1.76. The Labute approximate surface area is 111 Å². The summed E-state index contributed by atoms with van der Waals surface area (Å²) in [6.07, 6.45) is 3.80. The third-order valence-electron chi connectivity index (χ3n) is 4.13. The summed E-state index contributed by atoms with van der Waals surface area (Å²) in [5, 5.41) is 3.53. The quantitative estimate of drug-likeness (QED) is 0.861. The minimum Gasteiger partial charge on any atom is -0.497 e. The Morgan fingerprint density at radius 3 is 2.83 bits per heavy atom. The monoisotopic (exact) mass is 247 g/mol. The second-order valence-corrected chi connectivity index (χ2v) is 5.87. The number of ether oxygens (including phenoxy) is 1. The summed E-state index contributed by atoms with van der Waals surface area (Å²) < 4.78 is 5.36. The molecule has 1 heterocycles. The molecule has 0 unspecified atom stereocenters. The van der Waals surface area contributed by atoms with Gasteiger partial charge in [0, 0.05) is 12.0 Å². The van der Waals surface area contributed by atoms with E-state index < -0.39 is 0 Å². The molecule has 1 aromatic carbocycles. The molecule has 1 N–H and O–H groups in total. The van der Waals surface area contributed by atoms with Crippen molar-refractivity contribution in [2.45, 2.75) is 38.5 Å². The summed E-state index contributed by atoms with van der Waals surface area (Å²) in [4.78, 5) is 0. The van der Waals surface area contributed by atoms with Gasteiger partial charge in [0.15, 0.2) is 0 Å². The van der Waals surface area contributed by atoms with Crippen molar-refractivity contribution in [1.29, 1.82) is 0 Å². The lowest BCUT2D eigenvalue weighted by Gasteiger charge is -2.30. The molecule has 2 nitrogen and oxygen atoms in total. The van der Waals surface area contributed by atoms with Crippen molar-refractivity contribution in [2.24, 2.45) is 5.92 Å². The van der Waals surface area contributed by atoms with Crippen LogP contribution in [0.4, 0.5) is 0 Å². The van der Waals surface area contributed by atoms with Gasteiger partial charge in [-0.1, -0.05) is 32.4 Å². The number of hydrogen-bond acceptors (Lipinski definition) is 2. The van der Waals surface area contributed by atoms with E-state index in [1.165, 1.54) is 24.8 Å². The third kappa shape index (κ3) is 2.86. The minimum absolute atomic E-state index is 0.318. The predicted molar refractivity (Wildman–Crippen MR) is 76.2 cm³/mol. The first-order valence-electron chi connectivity index (χ1n) is 7.01. The molecule has 18 heavy (non-hydrogen) atoms. The zero-order valence-electron chi connectivity index (χ0n) is 11.8. The van der Waals surface area contributed by atoms with Gasteiger partial charge in [-0.2, -0.15) is 0 Å². The first kappa shape index (κ1) is 13.4. The summed E-state index contributed by atoms with van der Waals surface area (Å²) in [6, 6.07) is 8.62. The van der Waals surface area contributed by atoms with E-state index in [0.717, 1.165) is 24.8 Å². The van der Waals surface area contributed by atoms with Crippen LogP contribution in [0.3, 0.4) is 0 Å². The van der Waals surface area contributed by atoms with E-state index in [1.807, 2.05) is 6.07 Å². The molecule has 0 radical (unpaired) electrons. The lowest BCUT2D eigenvalue weighted by atomic mass is 9.75. The molecule has 0 aromatic heterocycles. The summed E-state index contributed by atoms with van der Waals surface area (Å²) in [5.74, 6) is 1.75. The van der Waals surface area contributed by atoms with Crippen LogP contribution in [0.2, 0.25) is 0 Å². The van der Waals surface area contributed by atoms with Crippen molar-refractivity contribution in [3.05, 3.63) is 29.8 Å². The van der Waals surface area contributed by atoms with Crippen molar-refractivity contribution >= 4 is 0 Å². The van der Waals surface area contributed by atoms with Gasteiger partial charge in [-0.15, -0.1) is 0 Å². The van der Waals surface area contributed by atoms with E-state index in [0.29, 0.717) is 5.41 Å². The number of nitrogens with one attached hydrogen (secondary N) is 1. The van der Waals surface area contributed by atoms with E-state index in [1.54, 1.807) is 7.11 Å². The SMILES string of the molecule is COc1cccc([C@]2(CCC(C)C)CCNC2)c1. The van der Waals surface area contributed by atoms with Crippen molar-refractivity contribution in [3.63, 3.8) is 0 Å². The van der Waals surface area contributed by atoms with Crippen LogP contribution < -0.4 is 10.1 Å². The fourth-order valence-electron chi connectivity index (χ4n) is 2.87. The largest absolute Gasteiger partial charge is 0.497 e. The molecule has 100 valence electrons. The molecule has 1 fully saturated rings. The molecule has 0 bridgehead atoms. The molecule has 2 heteroatoms. The van der Waals surface area contributed by atoms with Crippen molar-refractivity contribution in [1.82, 2.24) is 5.32 Å². The fourth-order valence-corrected chi connectivity index (χ4v) is 2.87. The Morgan fingerprint density at radius 1 is 1.39 bits per heavy atom. The molecular formula is C16H25NO. The van der Waals surface area contributed by atoms with Gasteiger partial charge in [0.05, 0.1) is 7.11 Å². The van der Waals surface area contributed by atoms with Crippen molar-refractivity contribution in [3.8, 4) is 5.75 Å². The zero-order valence-corrected chi connectivity index (χ0v) is 11.8. The molecule has 0 aliphatic carbocycles. The van der Waals surface area contributed by atoms with Crippen molar-refractivity contribution in [2.75, 3.05) is 20.2 Å². The summed E-state index contributed by atoms with van der Waals surface area (Å²) in [6.45, 7) is 6.85. The smallest absolute Gasteiger partial charge is 0.119 e. The molecular weight excluding hydrogens is 222 g/mol. The van der Waals surface area contributed by atoms with E-state index in [-0.39, 0.29) is 0 Å². The highest BCUT2D eigenvalue weighted by atomic mass is 16.5. The van der Waals surface area contributed by atoms with Gasteiger partial charge in [0.25, 0.3) is 0 Å². The topological polar surface area (TPSA) is 21.3 Å². The Kier molecular flexibility index (Phi) is 4.28. The fraction of sp³-hybridized carbons (Fsp3) is 0.625. The number of hydrogen-bond donors (Lipinski definition) is 1. The van der Waals surface area contributed by atoms with Crippen LogP contribution in [0.25, 0.3) is 0 Å². The second kappa shape index (κ2) is 5.75. The van der Waals surface area contributed by atoms with Crippen LogP contribution in [0.1, 0.15) is 38.7 Å². The van der Waals surface area contributed by atoms with E-state index in [2.05, 4.69) is 37.4 Å². The van der Waals surface area contributed by atoms with Crippen molar-refractivity contribution < 1.29 is 4.74 Å². The highest BCUT2D eigenvalue weighted by Crippen LogP contribution is 2.37. The molecule has 2 rings (SSSR count). The van der Waals surface area contributed by atoms with Crippen LogP contribution in [0, 0.1) is 5.92 Å². The van der Waals surface area contributed by atoms with Crippen LogP contribution in [-0.4, -0.2) is 20.2 Å². The standard InChI is InChI=1S/C16H25NO/c1-13(2)7-8-16(9-10-17-12-16)14-5-4-6-15(11-14)18-3/h4-6,11,13,17H,7-10,12H2,1-3H3/t16-/m1/s1. The molecule has 1 aliphatic heterocycles. The number of methoxy groups -OCH3 is 1. The van der Waals surface area contributed by atoms with Gasteiger partial charge < -0.3 is 10.1 Å². The molecule has 0 amide bonds. The lowest BCUT2D eigenvalue weighted by molar-refractivity contribution is 0.377. The summed E-state index contributed by atoms with van der Waals surface area (Å²) in [7, 11) is 1.74. The van der Waals surface area contributed by atoms with Gasteiger partial charge in [0.2, 0.25) is 0 Å². The van der Waals surface area contributed by atoms with Gasteiger partial charge in [0.1, 0.15) is 5.75 Å². The Bertz CT molecular complexity index is 380. The van der Waals surface area contributed by atoms with Crippen LogP contribution in [-0.2, 0) is 5.41 Å². The molecule has 1 aromatic rings. The van der Waals surface area contributed by atoms with E-state index in [9.17, 15) is 0 Å². The first-order valence-corrected chi connectivity index (χ1v) is 7.01. The van der Waals surface area contributed by atoms with Gasteiger partial charge >= 0.3 is 0 Å². The maximum Gasteiger partial charge on any atom is 0.119 e. The minimum atomic E-state index is 0.318. The summed E-state index contributed by atoms with van der Waals surface area (Å²) >= 11 is 0. The predicted octanol–water partition coefficient (Wildman–Crippen LogP) is 3.36. The van der Waals surface area contributed by atoms with Gasteiger partial charge in [-0.25, -0.2) is 0 Å². The second-order valence-electron chi connectivity index (χ2n) is 5.87. The molecule has 1 saturated heterocycles. The Balaban J connectivity index is 2.22. The van der Waals surface area contributed by atoms with Crippen LogP contribution in [0.15, 0.2) is 24.3 Å². The molecule has 0 spiro atoms. The molecule has 1 atom stereocenters. The average Bonchev–Trinajstić information content (AvgIpc) is 2.86. The zero-order chi connectivity index (χ0) is 13.0. The van der Waals surface area contributed by atoms with Gasteiger partial charge in [-0.3, -0.25) is 0 Å². The molecule has 0 saturated carbocycles. The van der Waals surface area contributed by atoms with Gasteiger partial charge in [-0.05, 0) is 43.0 Å². The number of rotatable bonds is 5. The van der Waals surface area contributed by atoms with Crippen LogP contribution >= 0.6 is 0 Å². The average molecular weight is 247 g/mol. The highest BCUT2D eigenvalue weighted by molar-refractivity contribution is 5.35. The van der Waals surface area contributed by atoms with Crippen LogP contribution in [0.5, 0.6) is 5.75 Å². The Morgan fingerprint density at radius 2 is 2.22 bits per heavy atom. The maximum atomic E-state index is 5.36. The third-order valence-corrected chi connectivity index (χ3v) is 4.13. The Hall–Kier alpha value is -1.02. The highest BCUT2D eigenvalue weighted by Gasteiger charge is 2.35. The van der Waals surface area contributed by atoms with E-state index >= 15 is 0 Å². The normalized spacial score (nSPS) is 23.6. The first-order chi connectivity index (χ1) is 8.66. The lowest BCUT2D eigenvalue weighted by Crippen LogP contribution is -2.29.